The number of carboxylic acid groups (broad SMARTS) is 1. The predicted molar refractivity (Wildman–Crippen MR) is 87.1 cm³/mol. The van der Waals surface area contributed by atoms with Crippen molar-refractivity contribution in [3.8, 4) is 5.75 Å². The molecule has 2 aromatic rings. The van der Waals surface area contributed by atoms with E-state index in [1.807, 2.05) is 6.07 Å². The summed E-state index contributed by atoms with van der Waals surface area (Å²) in [6, 6.07) is 5.26. The molecule has 0 spiro atoms. The van der Waals surface area contributed by atoms with Gasteiger partial charge in [-0.25, -0.2) is 23.9 Å². The van der Waals surface area contributed by atoms with Crippen molar-refractivity contribution >= 4 is 23.0 Å². The molecule has 0 radical (unpaired) electrons. The summed E-state index contributed by atoms with van der Waals surface area (Å²) >= 11 is 0. The molecule has 1 N–H and O–H groups in total. The number of methoxy groups -OCH3 is 1. The minimum Gasteiger partial charge on any atom is -0.496 e. The summed E-state index contributed by atoms with van der Waals surface area (Å²) in [7, 11) is 1.52. The van der Waals surface area contributed by atoms with E-state index in [0.29, 0.717) is 17.1 Å². The second-order valence-electron chi connectivity index (χ2n) is 5.37. The van der Waals surface area contributed by atoms with Gasteiger partial charge in [0, 0.05) is 24.4 Å². The molecule has 2 rings (SSSR count). The summed E-state index contributed by atoms with van der Waals surface area (Å²) in [6.07, 6.45) is 1.44. The van der Waals surface area contributed by atoms with Crippen LogP contribution in [0.3, 0.4) is 0 Å². The first-order valence-corrected chi connectivity index (χ1v) is 7.80. The average molecular weight is 350 g/mol. The van der Waals surface area contributed by atoms with E-state index in [2.05, 4.69) is 14.7 Å². The SMILES string of the molecule is CCOC(=O)C(F)(CCCc1cc(OC)c2cccnc2n1)C(=O)O. The number of aryl methyl sites for hydroxylation is 1. The van der Waals surface area contributed by atoms with Crippen molar-refractivity contribution in [2.24, 2.45) is 0 Å². The zero-order valence-corrected chi connectivity index (χ0v) is 14.0. The maximum absolute atomic E-state index is 14.5. The molecule has 0 fully saturated rings. The molecular weight excluding hydrogens is 331 g/mol. The van der Waals surface area contributed by atoms with Crippen molar-refractivity contribution in [1.29, 1.82) is 0 Å². The Morgan fingerprint density at radius 1 is 1.40 bits per heavy atom. The first-order chi connectivity index (χ1) is 11.9. The Morgan fingerprint density at radius 2 is 2.16 bits per heavy atom. The number of hydrogen-bond acceptors (Lipinski definition) is 6. The van der Waals surface area contributed by atoms with Crippen LogP contribution in [0, 0.1) is 0 Å². The third-order valence-corrected chi connectivity index (χ3v) is 3.71. The fourth-order valence-electron chi connectivity index (χ4n) is 2.43. The molecule has 1 atom stereocenters. The molecule has 0 aromatic carbocycles. The number of carbonyl (C=O) groups is 2. The van der Waals surface area contributed by atoms with Crippen LogP contribution < -0.4 is 4.74 Å². The molecular formula is C17H19FN2O5. The Kier molecular flexibility index (Phi) is 5.84. The number of nitrogens with zero attached hydrogens (tertiary/aromatic N) is 2. The fraction of sp³-hybridized carbons (Fsp3) is 0.412. The Hall–Kier alpha value is -2.77. The molecule has 1 unspecified atom stereocenters. The summed E-state index contributed by atoms with van der Waals surface area (Å²) in [6.45, 7) is 1.39. The molecule has 0 saturated carbocycles. The summed E-state index contributed by atoms with van der Waals surface area (Å²) in [5, 5.41) is 9.77. The lowest BCUT2D eigenvalue weighted by molar-refractivity contribution is -0.171. The van der Waals surface area contributed by atoms with Crippen LogP contribution in [0.5, 0.6) is 5.75 Å². The van der Waals surface area contributed by atoms with Gasteiger partial charge in [0.1, 0.15) is 5.75 Å². The van der Waals surface area contributed by atoms with Crippen LogP contribution in [-0.2, 0) is 20.7 Å². The molecule has 8 heteroatoms. The number of fused-ring (bicyclic) bond motifs is 1. The Bertz CT molecular complexity index is 783. The van der Waals surface area contributed by atoms with E-state index >= 15 is 0 Å². The van der Waals surface area contributed by atoms with Crippen molar-refractivity contribution in [2.75, 3.05) is 13.7 Å². The summed E-state index contributed by atoms with van der Waals surface area (Å²) in [5.41, 5.74) is -2.01. The number of ether oxygens (including phenoxy) is 2. The second kappa shape index (κ2) is 7.87. The largest absolute Gasteiger partial charge is 0.496 e. The van der Waals surface area contributed by atoms with E-state index in [1.165, 1.54) is 14.0 Å². The minimum atomic E-state index is -3.06. The zero-order valence-electron chi connectivity index (χ0n) is 14.0. The van der Waals surface area contributed by atoms with Crippen molar-refractivity contribution in [3.63, 3.8) is 0 Å². The smallest absolute Gasteiger partial charge is 0.355 e. The third-order valence-electron chi connectivity index (χ3n) is 3.71. The van der Waals surface area contributed by atoms with Gasteiger partial charge in [0.05, 0.1) is 19.1 Å². The number of rotatable bonds is 8. The van der Waals surface area contributed by atoms with Gasteiger partial charge in [-0.15, -0.1) is 0 Å². The van der Waals surface area contributed by atoms with E-state index in [0.717, 1.165) is 5.39 Å². The topological polar surface area (TPSA) is 98.6 Å². The van der Waals surface area contributed by atoms with E-state index < -0.39 is 24.0 Å². The number of carboxylic acids is 1. The van der Waals surface area contributed by atoms with Gasteiger partial charge < -0.3 is 14.6 Å². The Morgan fingerprint density at radius 3 is 2.80 bits per heavy atom. The summed E-state index contributed by atoms with van der Waals surface area (Å²) in [4.78, 5) is 31.2. The van der Waals surface area contributed by atoms with Crippen LogP contribution in [0.1, 0.15) is 25.5 Å². The lowest BCUT2D eigenvalue weighted by atomic mass is 9.98. The standard InChI is InChI=1S/C17H19FN2O5/c1-3-25-16(23)17(18,15(21)22)8-4-6-11-10-13(24-2)12-7-5-9-19-14(12)20-11/h5,7,9-10H,3-4,6,8H2,1-2H3,(H,21,22). The van der Waals surface area contributed by atoms with E-state index in [1.54, 1.807) is 18.3 Å². The number of alkyl halides is 1. The van der Waals surface area contributed by atoms with E-state index in [9.17, 15) is 14.0 Å². The van der Waals surface area contributed by atoms with Crippen molar-refractivity contribution in [2.45, 2.75) is 31.9 Å². The van der Waals surface area contributed by atoms with Crippen molar-refractivity contribution in [1.82, 2.24) is 9.97 Å². The minimum absolute atomic E-state index is 0.0904. The normalized spacial score (nSPS) is 13.2. The van der Waals surface area contributed by atoms with E-state index in [4.69, 9.17) is 9.84 Å². The van der Waals surface area contributed by atoms with Crippen LogP contribution in [-0.4, -0.2) is 46.4 Å². The van der Waals surface area contributed by atoms with Gasteiger partial charge in [0.15, 0.2) is 5.65 Å². The highest BCUT2D eigenvalue weighted by molar-refractivity contribution is 6.02. The number of carbonyl (C=O) groups excluding carboxylic acids is 1. The number of aliphatic carboxylic acids is 1. The molecule has 0 aliphatic rings. The van der Waals surface area contributed by atoms with Crippen LogP contribution >= 0.6 is 0 Å². The van der Waals surface area contributed by atoms with Crippen molar-refractivity contribution in [3.05, 3.63) is 30.1 Å². The lowest BCUT2D eigenvalue weighted by Gasteiger charge is -2.18. The monoisotopic (exact) mass is 350 g/mol. The number of pyridine rings is 2. The zero-order chi connectivity index (χ0) is 18.4. The maximum Gasteiger partial charge on any atom is 0.355 e. The molecule has 2 heterocycles. The second-order valence-corrected chi connectivity index (χ2v) is 5.37. The fourth-order valence-corrected chi connectivity index (χ4v) is 2.43. The molecule has 0 aliphatic heterocycles. The highest BCUT2D eigenvalue weighted by Gasteiger charge is 2.48. The number of aromatic nitrogens is 2. The summed E-state index contributed by atoms with van der Waals surface area (Å²) in [5.74, 6) is -2.66. The van der Waals surface area contributed by atoms with Gasteiger partial charge in [-0.05, 0) is 31.9 Å². The predicted octanol–water partition coefficient (Wildman–Crippen LogP) is 2.32. The van der Waals surface area contributed by atoms with Crippen LogP contribution in [0.15, 0.2) is 24.4 Å². The highest BCUT2D eigenvalue weighted by atomic mass is 19.1. The van der Waals surface area contributed by atoms with Gasteiger partial charge in [-0.1, -0.05) is 0 Å². The lowest BCUT2D eigenvalue weighted by Crippen LogP contribution is -2.43. The first-order valence-electron chi connectivity index (χ1n) is 7.80. The van der Waals surface area contributed by atoms with Crippen LogP contribution in [0.25, 0.3) is 11.0 Å². The Labute approximate surface area is 143 Å². The molecule has 134 valence electrons. The summed E-state index contributed by atoms with van der Waals surface area (Å²) < 4.78 is 24.3. The van der Waals surface area contributed by atoms with Crippen LogP contribution in [0.4, 0.5) is 4.39 Å². The molecule has 0 aliphatic carbocycles. The number of halogens is 1. The van der Waals surface area contributed by atoms with Gasteiger partial charge >= 0.3 is 17.6 Å². The number of esters is 1. The van der Waals surface area contributed by atoms with Crippen molar-refractivity contribution < 1.29 is 28.6 Å². The average Bonchev–Trinajstić information content (AvgIpc) is 2.60. The molecule has 0 saturated heterocycles. The van der Waals surface area contributed by atoms with Gasteiger partial charge in [-0.3, -0.25) is 0 Å². The third kappa shape index (κ3) is 4.01. The molecule has 7 nitrogen and oxygen atoms in total. The van der Waals surface area contributed by atoms with E-state index in [-0.39, 0.29) is 19.4 Å². The molecule has 2 aromatic heterocycles. The molecule has 0 bridgehead atoms. The first kappa shape index (κ1) is 18.6. The molecule has 25 heavy (non-hydrogen) atoms. The number of hydrogen-bond donors (Lipinski definition) is 1. The molecule has 0 amide bonds. The quantitative estimate of drug-likeness (QED) is 0.576. The van der Waals surface area contributed by atoms with Gasteiger partial charge in [0.2, 0.25) is 0 Å². The van der Waals surface area contributed by atoms with Gasteiger partial charge in [0.25, 0.3) is 0 Å². The Balaban J connectivity index is 2.14. The highest BCUT2D eigenvalue weighted by Crippen LogP contribution is 2.26. The maximum atomic E-state index is 14.5. The van der Waals surface area contributed by atoms with Crippen LogP contribution in [0.2, 0.25) is 0 Å². The van der Waals surface area contributed by atoms with Gasteiger partial charge in [-0.2, -0.15) is 0 Å².